The summed E-state index contributed by atoms with van der Waals surface area (Å²) in [6.45, 7) is 1.30. The first kappa shape index (κ1) is 13.8. The van der Waals surface area contributed by atoms with Gasteiger partial charge in [0.05, 0.1) is 0 Å². The van der Waals surface area contributed by atoms with E-state index in [1.54, 1.807) is 0 Å². The highest BCUT2D eigenvalue weighted by Gasteiger charge is 2.47. The normalized spacial score (nSPS) is 28.6. The third-order valence-corrected chi connectivity index (χ3v) is 3.86. The first-order chi connectivity index (χ1) is 9.00. The van der Waals surface area contributed by atoms with E-state index in [1.807, 2.05) is 0 Å². The van der Waals surface area contributed by atoms with Crippen LogP contribution in [-0.2, 0) is 14.3 Å². The Balaban J connectivity index is 2.04. The average Bonchev–Trinajstić information content (AvgIpc) is 2.68. The number of hydrogen-bond acceptors (Lipinski definition) is 4. The molecule has 106 valence electrons. The number of carbonyl (C=O) groups excluding carboxylic acids is 1. The Labute approximate surface area is 110 Å². The van der Waals surface area contributed by atoms with Crippen LogP contribution in [0, 0.1) is 11.8 Å². The van der Waals surface area contributed by atoms with E-state index in [4.69, 9.17) is 14.9 Å². The smallest absolute Gasteiger partial charge is 0.414 e. The summed E-state index contributed by atoms with van der Waals surface area (Å²) >= 11 is 0. The summed E-state index contributed by atoms with van der Waals surface area (Å²) in [6.07, 6.45) is 0.836. The zero-order valence-electron chi connectivity index (χ0n) is 10.4. The molecule has 1 unspecified atom stereocenters. The number of carbonyl (C=O) groups is 3. The molecular formula is C12H17NO6. The Hall–Kier alpha value is -1.63. The lowest BCUT2D eigenvalue weighted by Crippen LogP contribution is -2.42. The molecule has 0 aromatic heterocycles. The molecule has 2 amide bonds. The van der Waals surface area contributed by atoms with Crippen LogP contribution in [-0.4, -0.2) is 52.3 Å². The van der Waals surface area contributed by atoms with Crippen LogP contribution in [0.4, 0.5) is 4.79 Å². The second-order valence-electron chi connectivity index (χ2n) is 5.07. The molecule has 0 saturated carbocycles. The lowest BCUT2D eigenvalue weighted by atomic mass is 9.87. The minimum Gasteiger partial charge on any atom is -0.480 e. The van der Waals surface area contributed by atoms with Crippen LogP contribution in [0.2, 0.25) is 0 Å². The number of ether oxygens (including phenoxy) is 1. The highest BCUT2D eigenvalue weighted by Crippen LogP contribution is 2.33. The van der Waals surface area contributed by atoms with Gasteiger partial charge >= 0.3 is 12.1 Å². The zero-order valence-corrected chi connectivity index (χ0v) is 10.4. The monoisotopic (exact) mass is 271 g/mol. The lowest BCUT2D eigenvalue weighted by Gasteiger charge is -2.23. The first-order valence-electron chi connectivity index (χ1n) is 6.37. The molecule has 2 rings (SSSR count). The van der Waals surface area contributed by atoms with Gasteiger partial charge in [-0.05, 0) is 31.6 Å². The zero-order chi connectivity index (χ0) is 14.0. The van der Waals surface area contributed by atoms with Gasteiger partial charge in [-0.2, -0.15) is 0 Å². The molecule has 2 heterocycles. The highest BCUT2D eigenvalue weighted by atomic mass is 16.5. The van der Waals surface area contributed by atoms with Crippen molar-refractivity contribution in [1.82, 2.24) is 4.90 Å². The second kappa shape index (κ2) is 5.56. The fourth-order valence-corrected chi connectivity index (χ4v) is 2.85. The van der Waals surface area contributed by atoms with Crippen molar-refractivity contribution in [2.45, 2.75) is 31.7 Å². The van der Waals surface area contributed by atoms with Crippen LogP contribution < -0.4 is 0 Å². The molecule has 0 aromatic rings. The van der Waals surface area contributed by atoms with E-state index < -0.39 is 29.9 Å². The number of nitrogens with zero attached hydrogens (tertiary/aromatic N) is 1. The molecule has 2 aliphatic heterocycles. The van der Waals surface area contributed by atoms with Gasteiger partial charge in [0.25, 0.3) is 0 Å². The van der Waals surface area contributed by atoms with Crippen LogP contribution in [0.3, 0.4) is 0 Å². The minimum atomic E-state index is -1.48. The topological polar surface area (TPSA) is 104 Å². The van der Waals surface area contributed by atoms with Gasteiger partial charge in [-0.15, -0.1) is 0 Å². The van der Waals surface area contributed by atoms with Crippen LogP contribution in [0.1, 0.15) is 25.7 Å². The van der Waals surface area contributed by atoms with Crippen LogP contribution in [0.25, 0.3) is 0 Å². The summed E-state index contributed by atoms with van der Waals surface area (Å²) in [4.78, 5) is 34.5. The van der Waals surface area contributed by atoms with E-state index >= 15 is 0 Å². The van der Waals surface area contributed by atoms with Crippen molar-refractivity contribution in [3.05, 3.63) is 0 Å². The molecule has 2 fully saturated rings. The molecule has 0 aliphatic carbocycles. The minimum absolute atomic E-state index is 0.0812. The van der Waals surface area contributed by atoms with Crippen LogP contribution in [0.5, 0.6) is 0 Å². The lowest BCUT2D eigenvalue weighted by molar-refractivity contribution is -0.145. The van der Waals surface area contributed by atoms with E-state index in [1.165, 1.54) is 0 Å². The Morgan fingerprint density at radius 3 is 2.37 bits per heavy atom. The van der Waals surface area contributed by atoms with Gasteiger partial charge in [0.2, 0.25) is 5.91 Å². The number of rotatable bonds is 3. The van der Waals surface area contributed by atoms with E-state index in [2.05, 4.69) is 0 Å². The van der Waals surface area contributed by atoms with Crippen molar-refractivity contribution >= 4 is 18.0 Å². The highest BCUT2D eigenvalue weighted by molar-refractivity contribution is 5.99. The molecule has 0 aromatic carbocycles. The molecule has 7 nitrogen and oxygen atoms in total. The summed E-state index contributed by atoms with van der Waals surface area (Å²) in [7, 11) is 0. The molecular weight excluding hydrogens is 254 g/mol. The maximum absolute atomic E-state index is 12.0. The summed E-state index contributed by atoms with van der Waals surface area (Å²) < 4.78 is 5.23. The molecule has 0 spiro atoms. The van der Waals surface area contributed by atoms with Crippen molar-refractivity contribution < 1.29 is 29.3 Å². The van der Waals surface area contributed by atoms with Crippen molar-refractivity contribution in [2.75, 3.05) is 13.2 Å². The van der Waals surface area contributed by atoms with E-state index in [9.17, 15) is 14.4 Å². The Kier molecular flexibility index (Phi) is 4.04. The third kappa shape index (κ3) is 2.86. The van der Waals surface area contributed by atoms with Crippen molar-refractivity contribution in [3.63, 3.8) is 0 Å². The number of amides is 2. The van der Waals surface area contributed by atoms with Gasteiger partial charge in [0.15, 0.2) is 0 Å². The van der Waals surface area contributed by atoms with Crippen molar-refractivity contribution in [3.8, 4) is 0 Å². The van der Waals surface area contributed by atoms with Gasteiger partial charge in [0.1, 0.15) is 6.04 Å². The predicted octanol–water partition coefficient (Wildman–Crippen LogP) is 0.783. The predicted molar refractivity (Wildman–Crippen MR) is 62.6 cm³/mol. The van der Waals surface area contributed by atoms with Gasteiger partial charge in [-0.25, -0.2) is 14.5 Å². The number of imide groups is 1. The third-order valence-electron chi connectivity index (χ3n) is 3.86. The fourth-order valence-electron chi connectivity index (χ4n) is 2.85. The molecule has 2 saturated heterocycles. The number of likely N-dealkylation sites (tertiary alicyclic amines) is 1. The second-order valence-corrected chi connectivity index (χ2v) is 5.07. The molecule has 2 aliphatic rings. The average molecular weight is 271 g/mol. The Morgan fingerprint density at radius 1 is 1.26 bits per heavy atom. The summed E-state index contributed by atoms with van der Waals surface area (Å²) in [5.74, 6) is -2.03. The van der Waals surface area contributed by atoms with Crippen molar-refractivity contribution in [2.24, 2.45) is 11.8 Å². The molecule has 2 atom stereocenters. The number of hydrogen-bond donors (Lipinski definition) is 2. The first-order valence-corrected chi connectivity index (χ1v) is 6.37. The number of carboxylic acids is 1. The Morgan fingerprint density at radius 2 is 1.89 bits per heavy atom. The van der Waals surface area contributed by atoms with E-state index in [0.717, 1.165) is 12.8 Å². The number of aliphatic carboxylic acids is 1. The van der Waals surface area contributed by atoms with Crippen LogP contribution in [0.15, 0.2) is 0 Å². The van der Waals surface area contributed by atoms with Gasteiger partial charge in [0, 0.05) is 19.1 Å². The van der Waals surface area contributed by atoms with E-state index in [0.29, 0.717) is 30.5 Å². The van der Waals surface area contributed by atoms with Gasteiger partial charge in [-0.3, -0.25) is 4.79 Å². The van der Waals surface area contributed by atoms with Gasteiger partial charge in [-0.1, -0.05) is 0 Å². The molecule has 0 bridgehead atoms. The van der Waals surface area contributed by atoms with Crippen LogP contribution >= 0.6 is 0 Å². The van der Waals surface area contributed by atoms with E-state index in [-0.39, 0.29) is 6.42 Å². The van der Waals surface area contributed by atoms with Gasteiger partial charge < -0.3 is 14.9 Å². The summed E-state index contributed by atoms with van der Waals surface area (Å²) in [6, 6.07) is -1.24. The molecule has 0 radical (unpaired) electrons. The number of carboxylic acid groups (broad SMARTS) is 2. The SMILES string of the molecule is O=C(O)[C@@H]1CC(CC2CCOCC2)C(=O)N1C(=O)O. The standard InChI is InChI=1S/C12H17NO6/c14-10-8(5-7-1-3-19-4-2-7)6-9(11(15)16)13(10)12(17)18/h7-9H,1-6H2,(H,15,16)(H,17,18)/t8?,9-/m0/s1. The fraction of sp³-hybridized carbons (Fsp3) is 0.750. The van der Waals surface area contributed by atoms with Crippen molar-refractivity contribution in [1.29, 1.82) is 0 Å². The molecule has 2 N–H and O–H groups in total. The Bertz CT molecular complexity index is 390. The summed E-state index contributed by atoms with van der Waals surface area (Å²) in [5, 5.41) is 17.9. The molecule has 7 heteroatoms. The quantitative estimate of drug-likeness (QED) is 0.786. The largest absolute Gasteiger partial charge is 0.480 e. The maximum atomic E-state index is 12.0. The molecule has 19 heavy (non-hydrogen) atoms. The maximum Gasteiger partial charge on any atom is 0.414 e. The summed E-state index contributed by atoms with van der Waals surface area (Å²) in [5.41, 5.74) is 0.